The summed E-state index contributed by atoms with van der Waals surface area (Å²) in [6.07, 6.45) is 2.33. The van der Waals surface area contributed by atoms with Gasteiger partial charge in [0.1, 0.15) is 6.07 Å². The molecular formula is C13H15ClN2O. The molecule has 0 spiro atoms. The molecule has 0 N–H and O–H groups in total. The van der Waals surface area contributed by atoms with E-state index in [0.29, 0.717) is 16.7 Å². The van der Waals surface area contributed by atoms with Crippen LogP contribution in [-0.4, -0.2) is 26.3 Å². The Labute approximate surface area is 107 Å². The molecule has 4 heteroatoms. The molecule has 90 valence electrons. The molecule has 0 radical (unpaired) electrons. The van der Waals surface area contributed by atoms with Crippen molar-refractivity contribution in [3.05, 3.63) is 28.8 Å². The van der Waals surface area contributed by atoms with Crippen molar-refractivity contribution in [1.29, 1.82) is 5.26 Å². The zero-order valence-corrected chi connectivity index (χ0v) is 10.6. The summed E-state index contributed by atoms with van der Waals surface area (Å²) < 4.78 is 5.34. The lowest BCUT2D eigenvalue weighted by molar-refractivity contribution is 0.0819. The first kappa shape index (κ1) is 12.2. The normalized spacial score (nSPS) is 16.9. The Morgan fingerprint density at radius 2 is 2.12 bits per heavy atom. The number of nitriles is 1. The predicted molar refractivity (Wildman–Crippen MR) is 68.4 cm³/mol. The minimum absolute atomic E-state index is 0.343. The molecule has 1 aliphatic heterocycles. The Bertz CT molecular complexity index is 434. The van der Waals surface area contributed by atoms with Gasteiger partial charge < -0.3 is 9.64 Å². The van der Waals surface area contributed by atoms with E-state index in [1.165, 1.54) is 0 Å². The third-order valence-corrected chi connectivity index (χ3v) is 3.43. The minimum Gasteiger partial charge on any atom is -0.381 e. The first-order valence-electron chi connectivity index (χ1n) is 5.72. The van der Waals surface area contributed by atoms with E-state index in [0.717, 1.165) is 31.6 Å². The number of methoxy groups -OCH3 is 1. The van der Waals surface area contributed by atoms with Crippen molar-refractivity contribution >= 4 is 17.3 Å². The number of hydrogen-bond acceptors (Lipinski definition) is 3. The van der Waals surface area contributed by atoms with Gasteiger partial charge in [-0.3, -0.25) is 0 Å². The second-order valence-corrected chi connectivity index (χ2v) is 4.63. The number of anilines is 1. The molecule has 0 unspecified atom stereocenters. The topological polar surface area (TPSA) is 36.3 Å². The monoisotopic (exact) mass is 250 g/mol. The summed E-state index contributed by atoms with van der Waals surface area (Å²) in [4.78, 5) is 2.21. The highest BCUT2D eigenvalue weighted by Crippen LogP contribution is 2.27. The van der Waals surface area contributed by atoms with E-state index in [1.807, 2.05) is 6.07 Å². The first-order valence-corrected chi connectivity index (χ1v) is 6.10. The van der Waals surface area contributed by atoms with Crippen LogP contribution in [0.1, 0.15) is 18.4 Å². The summed E-state index contributed by atoms with van der Waals surface area (Å²) in [5, 5.41) is 9.77. The summed E-state index contributed by atoms with van der Waals surface area (Å²) in [5.74, 6) is 0. The van der Waals surface area contributed by atoms with Crippen LogP contribution >= 0.6 is 11.6 Å². The fraction of sp³-hybridized carbons (Fsp3) is 0.462. The highest BCUT2D eigenvalue weighted by molar-refractivity contribution is 6.30. The molecule has 0 aromatic heterocycles. The van der Waals surface area contributed by atoms with Crippen LogP contribution in [0.2, 0.25) is 5.02 Å². The third-order valence-electron chi connectivity index (χ3n) is 3.20. The van der Waals surface area contributed by atoms with Crippen LogP contribution in [0.15, 0.2) is 18.2 Å². The van der Waals surface area contributed by atoms with E-state index in [-0.39, 0.29) is 0 Å². The molecule has 17 heavy (non-hydrogen) atoms. The Morgan fingerprint density at radius 3 is 2.71 bits per heavy atom. The molecule has 0 aliphatic carbocycles. The molecule has 1 aromatic rings. The molecule has 0 saturated carbocycles. The van der Waals surface area contributed by atoms with Crippen LogP contribution in [0.3, 0.4) is 0 Å². The maximum Gasteiger partial charge on any atom is 0.101 e. The Kier molecular flexibility index (Phi) is 3.88. The van der Waals surface area contributed by atoms with E-state index in [2.05, 4.69) is 11.0 Å². The lowest BCUT2D eigenvalue weighted by Gasteiger charge is -2.33. The number of rotatable bonds is 2. The van der Waals surface area contributed by atoms with E-state index in [4.69, 9.17) is 21.6 Å². The average molecular weight is 251 g/mol. The van der Waals surface area contributed by atoms with Gasteiger partial charge in [0.15, 0.2) is 0 Å². The largest absolute Gasteiger partial charge is 0.381 e. The van der Waals surface area contributed by atoms with Gasteiger partial charge in [0.05, 0.1) is 17.4 Å². The number of nitrogens with zero attached hydrogens (tertiary/aromatic N) is 2. The fourth-order valence-electron chi connectivity index (χ4n) is 2.19. The zero-order valence-electron chi connectivity index (χ0n) is 9.82. The maximum absolute atomic E-state index is 9.09. The van der Waals surface area contributed by atoms with E-state index < -0.39 is 0 Å². The van der Waals surface area contributed by atoms with Gasteiger partial charge >= 0.3 is 0 Å². The van der Waals surface area contributed by atoms with Crippen molar-refractivity contribution in [3.8, 4) is 6.07 Å². The Hall–Kier alpha value is -1.24. The SMILES string of the molecule is COC1CCN(c2cc(Cl)ccc2C#N)CC1. The molecular weight excluding hydrogens is 236 g/mol. The van der Waals surface area contributed by atoms with E-state index >= 15 is 0 Å². The summed E-state index contributed by atoms with van der Waals surface area (Å²) in [6.45, 7) is 1.82. The average Bonchev–Trinajstić information content (AvgIpc) is 2.39. The predicted octanol–water partition coefficient (Wildman–Crippen LogP) is 2.83. The number of hydrogen-bond donors (Lipinski definition) is 0. The van der Waals surface area contributed by atoms with E-state index in [9.17, 15) is 0 Å². The molecule has 2 rings (SSSR count). The van der Waals surface area contributed by atoms with Crippen molar-refractivity contribution in [2.24, 2.45) is 0 Å². The van der Waals surface area contributed by atoms with Gasteiger partial charge in [-0.15, -0.1) is 0 Å². The van der Waals surface area contributed by atoms with Crippen molar-refractivity contribution in [2.75, 3.05) is 25.1 Å². The molecule has 0 atom stereocenters. The molecule has 1 aromatic carbocycles. The molecule has 1 aliphatic rings. The first-order chi connectivity index (χ1) is 8.24. The van der Waals surface area contributed by atoms with Gasteiger partial charge in [-0.05, 0) is 31.0 Å². The van der Waals surface area contributed by atoms with Crippen LogP contribution in [0.5, 0.6) is 0 Å². The molecule has 0 amide bonds. The Balaban J connectivity index is 2.18. The maximum atomic E-state index is 9.09. The quantitative estimate of drug-likeness (QED) is 0.810. The number of benzene rings is 1. The van der Waals surface area contributed by atoms with Crippen molar-refractivity contribution in [2.45, 2.75) is 18.9 Å². The van der Waals surface area contributed by atoms with Crippen LogP contribution < -0.4 is 4.90 Å². The lowest BCUT2D eigenvalue weighted by Crippen LogP contribution is -2.37. The minimum atomic E-state index is 0.343. The number of ether oxygens (including phenoxy) is 1. The van der Waals surface area contributed by atoms with Crippen LogP contribution in [0, 0.1) is 11.3 Å². The molecule has 3 nitrogen and oxygen atoms in total. The number of halogens is 1. The van der Waals surface area contributed by atoms with Crippen molar-refractivity contribution < 1.29 is 4.74 Å². The fourth-order valence-corrected chi connectivity index (χ4v) is 2.36. The zero-order chi connectivity index (χ0) is 12.3. The van der Waals surface area contributed by atoms with Gasteiger partial charge in [-0.1, -0.05) is 11.6 Å². The summed E-state index contributed by atoms with van der Waals surface area (Å²) in [5.41, 5.74) is 1.62. The Morgan fingerprint density at radius 1 is 1.41 bits per heavy atom. The smallest absolute Gasteiger partial charge is 0.101 e. The van der Waals surface area contributed by atoms with Gasteiger partial charge in [0.2, 0.25) is 0 Å². The molecule has 0 bridgehead atoms. The summed E-state index contributed by atoms with van der Waals surface area (Å²) in [6, 6.07) is 7.62. The number of piperidine rings is 1. The van der Waals surface area contributed by atoms with Crippen molar-refractivity contribution in [3.63, 3.8) is 0 Å². The van der Waals surface area contributed by atoms with Gasteiger partial charge in [0, 0.05) is 25.2 Å². The standard InChI is InChI=1S/C13H15ClN2O/c1-17-12-4-6-16(7-5-12)13-8-11(14)3-2-10(13)9-15/h2-3,8,12H,4-7H2,1H3. The summed E-state index contributed by atoms with van der Waals surface area (Å²) in [7, 11) is 1.75. The highest BCUT2D eigenvalue weighted by Gasteiger charge is 2.20. The summed E-state index contributed by atoms with van der Waals surface area (Å²) >= 11 is 5.99. The third kappa shape index (κ3) is 2.71. The van der Waals surface area contributed by atoms with E-state index in [1.54, 1.807) is 19.2 Å². The molecule has 1 heterocycles. The van der Waals surface area contributed by atoms with Crippen molar-refractivity contribution in [1.82, 2.24) is 0 Å². The highest BCUT2D eigenvalue weighted by atomic mass is 35.5. The second kappa shape index (κ2) is 5.39. The van der Waals surface area contributed by atoms with Crippen LogP contribution in [-0.2, 0) is 4.74 Å². The van der Waals surface area contributed by atoms with Gasteiger partial charge in [-0.25, -0.2) is 0 Å². The van der Waals surface area contributed by atoms with Crippen LogP contribution in [0.4, 0.5) is 5.69 Å². The van der Waals surface area contributed by atoms with Gasteiger partial charge in [0.25, 0.3) is 0 Å². The second-order valence-electron chi connectivity index (χ2n) is 4.20. The lowest BCUT2D eigenvalue weighted by atomic mass is 10.1. The van der Waals surface area contributed by atoms with Gasteiger partial charge in [-0.2, -0.15) is 5.26 Å². The van der Waals surface area contributed by atoms with Crippen LogP contribution in [0.25, 0.3) is 0 Å². The molecule has 1 fully saturated rings. The molecule has 1 saturated heterocycles.